The predicted octanol–water partition coefficient (Wildman–Crippen LogP) is 15.9. The van der Waals surface area contributed by atoms with Gasteiger partial charge in [-0.05, 0) is 117 Å². The summed E-state index contributed by atoms with van der Waals surface area (Å²) in [5.41, 5.74) is 15.8. The third kappa shape index (κ3) is 9.40. The number of para-hydroxylation sites is 1. The van der Waals surface area contributed by atoms with Crippen LogP contribution < -0.4 is 9.30 Å². The number of ether oxygens (including phenoxy) is 1. The topological polar surface area (TPSA) is 35.9 Å². The molecule has 0 aliphatic rings. The van der Waals surface area contributed by atoms with Gasteiger partial charge in [0.1, 0.15) is 5.82 Å². The number of imidazole rings is 1. The molecular formula is C63H66N4OPt-2. The van der Waals surface area contributed by atoms with Crippen LogP contribution in [0.1, 0.15) is 140 Å². The van der Waals surface area contributed by atoms with Gasteiger partial charge in [-0.1, -0.05) is 161 Å². The number of pyridine rings is 1. The second-order valence-electron chi connectivity index (χ2n) is 21.9. The first-order valence-corrected chi connectivity index (χ1v) is 24.3. The average Bonchev–Trinajstić information content (AvgIpc) is 3.80. The van der Waals surface area contributed by atoms with Crippen molar-refractivity contribution < 1.29 is 30.4 Å². The molecule has 0 radical (unpaired) electrons. The molecule has 6 heteroatoms. The number of hydrogen-bond acceptors (Lipinski definition) is 2. The standard InChI is InChI=1S/C63H66N4O.Pt/c1-40(2)53-24-20-25-54(41(3)4)60(53)44-31-49(65-39-66(43(6)42(65)5)50-34-47(61(7,8)9)33-48(35-50)62(10,11)12)37-52(32-44)68-51-27-28-56-55-23-18-19-26-57(55)67(58(56)38-51)59-36-46(29-30-64-59)63(13,14)45-21-16-15-17-22-45;/h15-36,40-41H,1-14H3;/q-2;. The van der Waals surface area contributed by atoms with Crippen molar-refractivity contribution in [3.05, 3.63) is 197 Å². The molecule has 6 aromatic carbocycles. The Morgan fingerprint density at radius 2 is 1.23 bits per heavy atom. The molecule has 0 atom stereocenters. The van der Waals surface area contributed by atoms with Gasteiger partial charge in [0.25, 0.3) is 6.33 Å². The third-order valence-electron chi connectivity index (χ3n) is 14.0. The predicted molar refractivity (Wildman–Crippen MR) is 282 cm³/mol. The fourth-order valence-electron chi connectivity index (χ4n) is 9.64. The average molecular weight is 1090 g/mol. The van der Waals surface area contributed by atoms with Crippen LogP contribution in [-0.4, -0.2) is 14.1 Å². The van der Waals surface area contributed by atoms with Gasteiger partial charge in [-0.3, -0.25) is 4.57 Å². The monoisotopic (exact) mass is 1090 g/mol. The van der Waals surface area contributed by atoms with Crippen molar-refractivity contribution in [2.75, 3.05) is 0 Å². The zero-order valence-electron chi connectivity index (χ0n) is 42.9. The number of fused-ring (bicyclic) bond motifs is 3. The van der Waals surface area contributed by atoms with Crippen LogP contribution in [0.3, 0.4) is 0 Å². The molecule has 3 heterocycles. The second-order valence-corrected chi connectivity index (χ2v) is 21.9. The Balaban J connectivity index is 0.00000642. The van der Waals surface area contributed by atoms with Crippen molar-refractivity contribution in [3.8, 4) is 39.8 Å². The first kappa shape index (κ1) is 49.4. The SMILES string of the molecule is Cc1c(C)[n+](-c2cc(C(C)(C)C)cc(C(C)(C)C)c2)[c-]n1-c1[c-]c(Oc2[c-]c3c(cc2)c2ccccc2n3-c2cc(C(C)(C)c3ccccc3)ccn2)cc(-c2c(C(C)C)cccc2C(C)C)c1.[Pt]. The van der Waals surface area contributed by atoms with Crippen LogP contribution in [0.5, 0.6) is 11.5 Å². The Kier molecular flexibility index (Phi) is 13.4. The first-order chi connectivity index (χ1) is 32.2. The van der Waals surface area contributed by atoms with Gasteiger partial charge in [0, 0.05) is 55.4 Å². The minimum Gasteiger partial charge on any atom is -0.510 e. The zero-order valence-corrected chi connectivity index (χ0v) is 45.1. The number of nitrogens with zero attached hydrogens (tertiary/aromatic N) is 4. The van der Waals surface area contributed by atoms with Crippen molar-refractivity contribution in [2.45, 2.75) is 125 Å². The zero-order chi connectivity index (χ0) is 48.4. The van der Waals surface area contributed by atoms with E-state index < -0.39 is 0 Å². The molecule has 0 unspecified atom stereocenters. The molecule has 0 N–H and O–H groups in total. The van der Waals surface area contributed by atoms with Crippen LogP contribution in [0.15, 0.2) is 134 Å². The molecule has 3 aromatic heterocycles. The van der Waals surface area contributed by atoms with Gasteiger partial charge >= 0.3 is 0 Å². The number of benzene rings is 6. The van der Waals surface area contributed by atoms with Gasteiger partial charge in [0.05, 0.1) is 11.4 Å². The van der Waals surface area contributed by atoms with E-state index >= 15 is 0 Å². The van der Waals surface area contributed by atoms with Crippen molar-refractivity contribution >= 4 is 21.8 Å². The molecule has 0 saturated heterocycles. The van der Waals surface area contributed by atoms with Crippen molar-refractivity contribution in [2.24, 2.45) is 0 Å². The summed E-state index contributed by atoms with van der Waals surface area (Å²) in [6, 6.07) is 53.4. The maximum absolute atomic E-state index is 7.02. The maximum Gasteiger partial charge on any atom is 0.267 e. The summed E-state index contributed by atoms with van der Waals surface area (Å²) < 4.78 is 13.6. The van der Waals surface area contributed by atoms with Gasteiger partial charge in [0.2, 0.25) is 0 Å². The third-order valence-corrected chi connectivity index (χ3v) is 14.0. The van der Waals surface area contributed by atoms with E-state index in [4.69, 9.17) is 9.72 Å². The smallest absolute Gasteiger partial charge is 0.267 e. The normalized spacial score (nSPS) is 12.3. The van der Waals surface area contributed by atoms with E-state index in [2.05, 4.69) is 250 Å². The van der Waals surface area contributed by atoms with Crippen molar-refractivity contribution in [1.29, 1.82) is 0 Å². The molecule has 0 aliphatic carbocycles. The first-order valence-electron chi connectivity index (χ1n) is 24.3. The van der Waals surface area contributed by atoms with Gasteiger partial charge < -0.3 is 13.9 Å². The van der Waals surface area contributed by atoms with Crippen molar-refractivity contribution in [1.82, 2.24) is 14.1 Å². The summed E-state index contributed by atoms with van der Waals surface area (Å²) in [6.07, 6.45) is 5.73. The van der Waals surface area contributed by atoms with E-state index in [0.717, 1.165) is 55.9 Å². The van der Waals surface area contributed by atoms with Gasteiger partial charge in [-0.2, -0.15) is 12.1 Å². The fourth-order valence-corrected chi connectivity index (χ4v) is 9.64. The van der Waals surface area contributed by atoms with Crippen LogP contribution in [0.4, 0.5) is 0 Å². The summed E-state index contributed by atoms with van der Waals surface area (Å²) in [7, 11) is 0. The Morgan fingerprint density at radius 3 is 1.87 bits per heavy atom. The largest absolute Gasteiger partial charge is 0.510 e. The van der Waals surface area contributed by atoms with Gasteiger partial charge in [-0.25, -0.2) is 4.98 Å². The van der Waals surface area contributed by atoms with Crippen molar-refractivity contribution in [3.63, 3.8) is 0 Å². The Labute approximate surface area is 425 Å². The molecule has 69 heavy (non-hydrogen) atoms. The number of rotatable bonds is 10. The maximum atomic E-state index is 7.02. The molecule has 0 aliphatic heterocycles. The minimum absolute atomic E-state index is 0. The number of hydrogen-bond donors (Lipinski definition) is 0. The molecule has 0 saturated carbocycles. The molecule has 0 amide bonds. The molecule has 0 bridgehead atoms. The molecule has 9 rings (SSSR count). The summed E-state index contributed by atoms with van der Waals surface area (Å²) in [5, 5.41) is 2.21. The van der Waals surface area contributed by atoms with Gasteiger partial charge in [0.15, 0.2) is 0 Å². The number of aromatic nitrogens is 4. The van der Waals surface area contributed by atoms with Crippen LogP contribution in [0, 0.1) is 32.3 Å². The van der Waals surface area contributed by atoms with E-state index in [1.807, 2.05) is 12.3 Å². The van der Waals surface area contributed by atoms with Crippen LogP contribution >= 0.6 is 0 Å². The molecule has 9 aromatic rings. The molecular weight excluding hydrogens is 1020 g/mol. The molecule has 5 nitrogen and oxygen atoms in total. The van der Waals surface area contributed by atoms with Gasteiger partial charge in [-0.15, -0.1) is 35.2 Å². The van der Waals surface area contributed by atoms with E-state index in [9.17, 15) is 0 Å². The van der Waals surface area contributed by atoms with E-state index in [-0.39, 0.29) is 37.3 Å². The van der Waals surface area contributed by atoms with Crippen LogP contribution in [0.25, 0.3) is 50.1 Å². The Morgan fingerprint density at radius 1 is 0.594 bits per heavy atom. The molecule has 0 spiro atoms. The summed E-state index contributed by atoms with van der Waals surface area (Å²) in [5.74, 6) is 2.64. The van der Waals surface area contributed by atoms with E-state index in [1.165, 1.54) is 38.9 Å². The Bertz CT molecular complexity index is 3280. The fraction of sp³-hybridized carbons (Fsp3) is 0.302. The molecule has 0 fully saturated rings. The summed E-state index contributed by atoms with van der Waals surface area (Å²) in [4.78, 5) is 5.00. The quantitative estimate of drug-likeness (QED) is 0.101. The van der Waals surface area contributed by atoms with E-state index in [0.29, 0.717) is 23.3 Å². The minimum atomic E-state index is -0.239. The Hall–Kier alpha value is -6.03. The second kappa shape index (κ2) is 18.7. The summed E-state index contributed by atoms with van der Waals surface area (Å²) >= 11 is 0. The molecule has 356 valence electrons. The summed E-state index contributed by atoms with van der Waals surface area (Å²) in [6.45, 7) is 31.7. The van der Waals surface area contributed by atoms with Crippen LogP contribution in [0.2, 0.25) is 0 Å². The van der Waals surface area contributed by atoms with E-state index in [1.54, 1.807) is 0 Å². The van der Waals surface area contributed by atoms with Crippen LogP contribution in [-0.2, 0) is 37.3 Å².